The van der Waals surface area contributed by atoms with E-state index >= 15 is 0 Å². The number of rotatable bonds is 3. The van der Waals surface area contributed by atoms with Crippen LogP contribution in [0.3, 0.4) is 0 Å². The fourth-order valence-corrected chi connectivity index (χ4v) is 6.42. The molecule has 5 rings (SSSR count). The van der Waals surface area contributed by atoms with Crippen LogP contribution in [0.4, 0.5) is 18.9 Å². The van der Waals surface area contributed by atoms with E-state index in [1.54, 1.807) is 11.3 Å². The fourth-order valence-electron chi connectivity index (χ4n) is 5.45. The molecule has 2 N–H and O–H groups in total. The number of ketones is 1. The average Bonchev–Trinajstić information content (AvgIpc) is 3.20. The summed E-state index contributed by atoms with van der Waals surface area (Å²) in [6.45, 7) is 3.90. The van der Waals surface area contributed by atoms with Crippen molar-refractivity contribution in [2.45, 2.75) is 44.7 Å². The molecule has 8 heteroatoms. The number of benzene rings is 2. The molecule has 1 aromatic heterocycles. The van der Waals surface area contributed by atoms with E-state index in [0.717, 1.165) is 33.0 Å². The first-order valence-corrected chi connectivity index (χ1v) is 12.7. The fraction of sp³-hybridized carbons (Fsp3) is 0.241. The van der Waals surface area contributed by atoms with Gasteiger partial charge in [0.1, 0.15) is 5.82 Å². The third-order valence-corrected chi connectivity index (χ3v) is 8.04. The normalized spacial score (nSPS) is 20.2. The van der Waals surface area contributed by atoms with E-state index in [2.05, 4.69) is 6.07 Å². The molecule has 0 spiro atoms. The van der Waals surface area contributed by atoms with Crippen molar-refractivity contribution in [1.29, 1.82) is 5.26 Å². The molecule has 0 bridgehead atoms. The van der Waals surface area contributed by atoms with Crippen LogP contribution in [0.2, 0.25) is 0 Å². The molecule has 3 aromatic rings. The smallest absolute Gasteiger partial charge is 0.384 e. The Morgan fingerprint density at radius 2 is 1.78 bits per heavy atom. The lowest BCUT2D eigenvalue weighted by molar-refractivity contribution is -0.137. The van der Waals surface area contributed by atoms with Gasteiger partial charge in [-0.2, -0.15) is 18.4 Å². The number of anilines is 1. The second-order valence-electron chi connectivity index (χ2n) is 9.40. The standard InChI is InChI=1S/C29H24F3N3OS/c1-16-11-22(17(2)37-16)26-23(15-33)28(34)35(21-10-6-9-20(14-21)29(30,31)32)24-12-19(13-25(36)27(24)26)18-7-4-3-5-8-18/h3-11,14,19,26H,12-13,34H2,1-2H3/t19-,26-/m0/s1. The highest BCUT2D eigenvalue weighted by Crippen LogP contribution is 2.50. The Morgan fingerprint density at radius 3 is 2.41 bits per heavy atom. The van der Waals surface area contributed by atoms with Gasteiger partial charge in [-0.3, -0.25) is 9.69 Å². The summed E-state index contributed by atoms with van der Waals surface area (Å²) < 4.78 is 40.8. The summed E-state index contributed by atoms with van der Waals surface area (Å²) in [6, 6.07) is 18.6. The van der Waals surface area contributed by atoms with Crippen molar-refractivity contribution in [3.8, 4) is 6.07 Å². The van der Waals surface area contributed by atoms with Crippen LogP contribution in [-0.4, -0.2) is 5.78 Å². The van der Waals surface area contributed by atoms with Crippen molar-refractivity contribution in [1.82, 2.24) is 0 Å². The number of nitrogens with two attached hydrogens (primary N) is 1. The third kappa shape index (κ3) is 4.34. The summed E-state index contributed by atoms with van der Waals surface area (Å²) in [5.74, 6) is -0.893. The van der Waals surface area contributed by atoms with Crippen LogP contribution in [-0.2, 0) is 11.0 Å². The molecule has 188 valence electrons. The zero-order valence-corrected chi connectivity index (χ0v) is 21.1. The Balaban J connectivity index is 1.75. The van der Waals surface area contributed by atoms with E-state index in [1.807, 2.05) is 50.2 Å². The molecule has 4 nitrogen and oxygen atoms in total. The number of Topliss-reactive ketones (excluding diaryl/α,β-unsaturated/α-hetero) is 1. The quantitative estimate of drug-likeness (QED) is 0.401. The molecule has 2 aromatic carbocycles. The van der Waals surface area contributed by atoms with Crippen molar-refractivity contribution >= 4 is 22.8 Å². The van der Waals surface area contributed by atoms with Crippen LogP contribution >= 0.6 is 11.3 Å². The van der Waals surface area contributed by atoms with Gasteiger partial charge < -0.3 is 5.73 Å². The van der Waals surface area contributed by atoms with Gasteiger partial charge in [-0.05, 0) is 61.6 Å². The number of nitrogens with zero attached hydrogens (tertiary/aromatic N) is 2. The number of halogens is 3. The van der Waals surface area contributed by atoms with Crippen LogP contribution in [0.1, 0.15) is 51.1 Å². The second kappa shape index (κ2) is 9.24. The van der Waals surface area contributed by atoms with Gasteiger partial charge in [0.25, 0.3) is 0 Å². The Bertz CT molecular complexity index is 1490. The van der Waals surface area contributed by atoms with Crippen LogP contribution in [0.5, 0.6) is 0 Å². The van der Waals surface area contributed by atoms with E-state index in [1.165, 1.54) is 17.0 Å². The molecule has 2 aliphatic rings. The van der Waals surface area contributed by atoms with Crippen LogP contribution in [0, 0.1) is 25.2 Å². The van der Waals surface area contributed by atoms with Crippen molar-refractivity contribution in [3.05, 3.63) is 110 Å². The summed E-state index contributed by atoms with van der Waals surface area (Å²) in [5.41, 5.74) is 8.92. The Morgan fingerprint density at radius 1 is 1.05 bits per heavy atom. The van der Waals surface area contributed by atoms with Gasteiger partial charge in [0.2, 0.25) is 0 Å². The Labute approximate surface area is 217 Å². The molecule has 0 radical (unpaired) electrons. The first-order valence-electron chi connectivity index (χ1n) is 11.9. The molecule has 2 heterocycles. The summed E-state index contributed by atoms with van der Waals surface area (Å²) in [5, 5.41) is 10.2. The summed E-state index contributed by atoms with van der Waals surface area (Å²) in [7, 11) is 0. The lowest BCUT2D eigenvalue weighted by Gasteiger charge is -2.41. The van der Waals surface area contributed by atoms with E-state index in [9.17, 15) is 23.2 Å². The van der Waals surface area contributed by atoms with Gasteiger partial charge in [-0.25, -0.2) is 0 Å². The monoisotopic (exact) mass is 519 g/mol. The van der Waals surface area contributed by atoms with Gasteiger partial charge >= 0.3 is 6.18 Å². The molecular weight excluding hydrogens is 495 g/mol. The molecule has 0 unspecified atom stereocenters. The maximum absolute atomic E-state index is 13.9. The maximum atomic E-state index is 13.9. The zero-order chi connectivity index (χ0) is 26.5. The van der Waals surface area contributed by atoms with Gasteiger partial charge in [0.05, 0.1) is 23.1 Å². The highest BCUT2D eigenvalue weighted by Gasteiger charge is 2.44. The molecule has 0 saturated carbocycles. The number of carbonyl (C=O) groups is 1. The van der Waals surface area contributed by atoms with Crippen molar-refractivity contribution in [2.75, 3.05) is 4.90 Å². The molecule has 0 saturated heterocycles. The summed E-state index contributed by atoms with van der Waals surface area (Å²) >= 11 is 1.57. The van der Waals surface area contributed by atoms with Gasteiger partial charge in [0, 0.05) is 33.1 Å². The molecular formula is C29H24F3N3OS. The number of allylic oxidation sites excluding steroid dienone is 3. The first kappa shape index (κ1) is 24.8. The van der Waals surface area contributed by atoms with Crippen LogP contribution in [0.25, 0.3) is 0 Å². The van der Waals surface area contributed by atoms with E-state index in [0.29, 0.717) is 17.7 Å². The minimum absolute atomic E-state index is 0.0512. The molecule has 0 fully saturated rings. The number of aryl methyl sites for hydroxylation is 2. The predicted molar refractivity (Wildman–Crippen MR) is 138 cm³/mol. The van der Waals surface area contributed by atoms with E-state index < -0.39 is 17.7 Å². The predicted octanol–water partition coefficient (Wildman–Crippen LogP) is 7.08. The van der Waals surface area contributed by atoms with Crippen LogP contribution in [0.15, 0.2) is 83.3 Å². The van der Waals surface area contributed by atoms with Gasteiger partial charge in [-0.15, -0.1) is 11.3 Å². The van der Waals surface area contributed by atoms with Gasteiger partial charge in [-0.1, -0.05) is 36.4 Å². The summed E-state index contributed by atoms with van der Waals surface area (Å²) in [6.07, 6.45) is -3.90. The third-order valence-electron chi connectivity index (χ3n) is 7.06. The highest BCUT2D eigenvalue weighted by atomic mass is 32.1. The highest BCUT2D eigenvalue weighted by molar-refractivity contribution is 7.12. The summed E-state index contributed by atoms with van der Waals surface area (Å²) in [4.78, 5) is 17.3. The topological polar surface area (TPSA) is 70.1 Å². The SMILES string of the molecule is Cc1cc([C@H]2C(C#N)=C(N)N(c3cccc(C(F)(F)F)c3)C3=C2C(=O)C[C@@H](c2ccccc2)C3)c(C)s1. The lowest BCUT2D eigenvalue weighted by Crippen LogP contribution is -2.40. The largest absolute Gasteiger partial charge is 0.416 e. The number of thiophene rings is 1. The van der Waals surface area contributed by atoms with Crippen molar-refractivity contribution in [2.24, 2.45) is 5.73 Å². The molecule has 1 aliphatic heterocycles. The van der Waals surface area contributed by atoms with Crippen molar-refractivity contribution in [3.63, 3.8) is 0 Å². The number of hydrogen-bond acceptors (Lipinski definition) is 5. The lowest BCUT2D eigenvalue weighted by atomic mass is 9.72. The number of nitriles is 1. The number of alkyl halides is 3. The maximum Gasteiger partial charge on any atom is 0.416 e. The van der Waals surface area contributed by atoms with Crippen molar-refractivity contribution < 1.29 is 18.0 Å². The number of hydrogen-bond donors (Lipinski definition) is 1. The van der Waals surface area contributed by atoms with Crippen LogP contribution < -0.4 is 10.6 Å². The Kier molecular flexibility index (Phi) is 6.20. The van der Waals surface area contributed by atoms with E-state index in [4.69, 9.17) is 5.73 Å². The first-order chi connectivity index (χ1) is 17.6. The molecule has 0 amide bonds. The minimum atomic E-state index is -4.55. The molecule has 2 atom stereocenters. The second-order valence-corrected chi connectivity index (χ2v) is 10.9. The van der Waals surface area contributed by atoms with E-state index in [-0.39, 0.29) is 35.2 Å². The Hall–Kier alpha value is -3.83. The number of carbonyl (C=O) groups excluding carboxylic acids is 1. The average molecular weight is 520 g/mol. The molecule has 37 heavy (non-hydrogen) atoms. The van der Waals surface area contributed by atoms with Gasteiger partial charge in [0.15, 0.2) is 5.78 Å². The molecule has 1 aliphatic carbocycles. The minimum Gasteiger partial charge on any atom is -0.384 e. The zero-order valence-electron chi connectivity index (χ0n) is 20.3.